The molecule has 0 radical (unpaired) electrons. The van der Waals surface area contributed by atoms with Crippen LogP contribution in [0.25, 0.3) is 0 Å². The van der Waals surface area contributed by atoms with E-state index in [1.54, 1.807) is 0 Å². The van der Waals surface area contributed by atoms with Crippen molar-refractivity contribution < 1.29 is 14.4 Å². The molecule has 8 heteroatoms. The topological polar surface area (TPSA) is 85.0 Å². The number of nitrogens with one attached hydrogen (secondary N) is 2. The number of para-hydroxylation sites is 1. The number of rotatable bonds is 6. The van der Waals surface area contributed by atoms with E-state index in [9.17, 15) is 14.4 Å². The van der Waals surface area contributed by atoms with E-state index in [1.165, 1.54) is 5.56 Å². The Hall–Kier alpha value is -3.39. The average Bonchev–Trinajstić information content (AvgIpc) is 3.48. The van der Waals surface area contributed by atoms with Crippen LogP contribution in [0.4, 0.5) is 11.4 Å². The van der Waals surface area contributed by atoms with E-state index < -0.39 is 0 Å². The molecule has 8 nitrogen and oxygen atoms in total. The summed E-state index contributed by atoms with van der Waals surface area (Å²) < 4.78 is 0. The molecule has 2 N–H and O–H groups in total. The van der Waals surface area contributed by atoms with Crippen LogP contribution < -0.4 is 20.4 Å². The van der Waals surface area contributed by atoms with Crippen molar-refractivity contribution in [2.45, 2.75) is 43.8 Å². The summed E-state index contributed by atoms with van der Waals surface area (Å²) >= 11 is 0. The zero-order valence-corrected chi connectivity index (χ0v) is 20.4. The summed E-state index contributed by atoms with van der Waals surface area (Å²) in [6, 6.07) is 15.3. The number of amides is 3. The highest BCUT2D eigenvalue weighted by atomic mass is 16.2. The smallest absolute Gasteiger partial charge is 0.251 e. The van der Waals surface area contributed by atoms with Crippen molar-refractivity contribution in [1.82, 2.24) is 15.5 Å². The molecule has 2 fully saturated rings. The van der Waals surface area contributed by atoms with E-state index in [2.05, 4.69) is 21.6 Å². The van der Waals surface area contributed by atoms with Gasteiger partial charge >= 0.3 is 0 Å². The zero-order chi connectivity index (χ0) is 24.5. The molecule has 2 saturated heterocycles. The maximum Gasteiger partial charge on any atom is 0.251 e. The molecule has 35 heavy (non-hydrogen) atoms. The third-order valence-electron chi connectivity index (χ3n) is 7.48. The molecule has 2 aromatic rings. The quantitative estimate of drug-likeness (QED) is 0.666. The molecule has 5 rings (SSSR count). The van der Waals surface area contributed by atoms with Crippen LogP contribution in [0, 0.1) is 0 Å². The van der Waals surface area contributed by atoms with Gasteiger partial charge in [0.1, 0.15) is 0 Å². The summed E-state index contributed by atoms with van der Waals surface area (Å²) in [7, 11) is 3.92. The molecule has 3 heterocycles. The summed E-state index contributed by atoms with van der Waals surface area (Å²) in [4.78, 5) is 44.4. The molecule has 0 spiro atoms. The first kappa shape index (κ1) is 23.4. The van der Waals surface area contributed by atoms with Crippen LogP contribution >= 0.6 is 0 Å². The van der Waals surface area contributed by atoms with Gasteiger partial charge in [0.25, 0.3) is 5.91 Å². The first-order valence-electron chi connectivity index (χ1n) is 12.4. The van der Waals surface area contributed by atoms with Gasteiger partial charge in [0.2, 0.25) is 11.8 Å². The predicted octanol–water partition coefficient (Wildman–Crippen LogP) is 1.79. The van der Waals surface area contributed by atoms with Crippen molar-refractivity contribution in [3.8, 4) is 0 Å². The van der Waals surface area contributed by atoms with Gasteiger partial charge in [-0.2, -0.15) is 0 Å². The molecular formula is C27H33N5O3. The van der Waals surface area contributed by atoms with E-state index >= 15 is 0 Å². The van der Waals surface area contributed by atoms with Crippen LogP contribution in [0.1, 0.15) is 35.2 Å². The minimum atomic E-state index is -0.266. The molecule has 184 valence electrons. The molecular weight excluding hydrogens is 442 g/mol. The Morgan fingerprint density at radius 2 is 1.89 bits per heavy atom. The van der Waals surface area contributed by atoms with Crippen LogP contribution in [-0.2, 0) is 16.0 Å². The van der Waals surface area contributed by atoms with Crippen molar-refractivity contribution in [3.63, 3.8) is 0 Å². The summed E-state index contributed by atoms with van der Waals surface area (Å²) in [5, 5.41) is 6.12. The zero-order valence-electron chi connectivity index (χ0n) is 20.4. The number of fused-ring (bicyclic) bond motifs is 2. The molecule has 0 aromatic heterocycles. The Morgan fingerprint density at radius 3 is 2.66 bits per heavy atom. The lowest BCUT2D eigenvalue weighted by Gasteiger charge is -2.37. The number of piperazine rings is 1. The van der Waals surface area contributed by atoms with Gasteiger partial charge in [0, 0.05) is 69.2 Å². The second-order valence-electron chi connectivity index (χ2n) is 9.92. The minimum absolute atomic E-state index is 0.00753. The highest BCUT2D eigenvalue weighted by Gasteiger charge is 2.44. The molecule has 3 atom stereocenters. The number of nitrogens with zero attached hydrogens (tertiary/aromatic N) is 3. The van der Waals surface area contributed by atoms with Gasteiger partial charge in [-0.1, -0.05) is 18.2 Å². The van der Waals surface area contributed by atoms with Gasteiger partial charge in [0.15, 0.2) is 0 Å². The Kier molecular flexibility index (Phi) is 6.47. The fraction of sp³-hybridized carbons (Fsp3) is 0.444. The van der Waals surface area contributed by atoms with E-state index in [-0.39, 0.29) is 35.8 Å². The van der Waals surface area contributed by atoms with Crippen LogP contribution in [-0.4, -0.2) is 74.5 Å². The third-order valence-corrected chi connectivity index (χ3v) is 7.48. The number of hydrogen-bond acceptors (Lipinski definition) is 5. The highest BCUT2D eigenvalue weighted by molar-refractivity contribution is 5.96. The Labute approximate surface area is 206 Å². The van der Waals surface area contributed by atoms with E-state index in [0.29, 0.717) is 37.9 Å². The van der Waals surface area contributed by atoms with Crippen molar-refractivity contribution >= 4 is 29.1 Å². The lowest BCUT2D eigenvalue weighted by molar-refractivity contribution is -0.129. The summed E-state index contributed by atoms with van der Waals surface area (Å²) in [5.74, 6) is 0.0155. The number of hydrogen-bond donors (Lipinski definition) is 2. The van der Waals surface area contributed by atoms with Crippen LogP contribution in [0.5, 0.6) is 0 Å². The number of carbonyl (C=O) groups is 3. The van der Waals surface area contributed by atoms with Gasteiger partial charge < -0.3 is 20.4 Å². The van der Waals surface area contributed by atoms with Crippen molar-refractivity contribution in [1.29, 1.82) is 0 Å². The lowest BCUT2D eigenvalue weighted by Crippen LogP contribution is -2.58. The Bertz CT molecular complexity index is 1120. The average molecular weight is 476 g/mol. The monoisotopic (exact) mass is 475 g/mol. The standard InChI is InChI=1S/C27H33N5O3/c1-30(2)21-9-7-19(8-10-21)26(34)29-20-15-24-27(35)28-16-22(32(24)17-20)11-12-25(33)31-14-13-18-5-3-4-6-23(18)31/h3-10,20,22,24H,11-17H2,1-2H3,(H,28,35)(H,29,34)/t20-,22+,24-/m0/s1. The van der Waals surface area contributed by atoms with Gasteiger partial charge in [0.05, 0.1) is 6.04 Å². The maximum absolute atomic E-state index is 13.0. The predicted molar refractivity (Wildman–Crippen MR) is 136 cm³/mol. The molecule has 3 aliphatic rings. The number of carbonyl (C=O) groups excluding carboxylic acids is 3. The molecule has 2 aromatic carbocycles. The summed E-state index contributed by atoms with van der Waals surface area (Å²) in [6.07, 6.45) is 2.60. The van der Waals surface area contributed by atoms with E-state index in [4.69, 9.17) is 0 Å². The molecule has 0 saturated carbocycles. The highest BCUT2D eigenvalue weighted by Crippen LogP contribution is 2.30. The minimum Gasteiger partial charge on any atom is -0.378 e. The van der Waals surface area contributed by atoms with Crippen LogP contribution in [0.15, 0.2) is 48.5 Å². The summed E-state index contributed by atoms with van der Waals surface area (Å²) in [5.41, 5.74) is 3.89. The van der Waals surface area contributed by atoms with Gasteiger partial charge in [-0.3, -0.25) is 19.3 Å². The number of benzene rings is 2. The fourth-order valence-corrected chi connectivity index (χ4v) is 5.55. The maximum atomic E-state index is 13.0. The normalized spacial score (nSPS) is 23.4. The van der Waals surface area contributed by atoms with Crippen molar-refractivity contribution in [2.75, 3.05) is 43.5 Å². The van der Waals surface area contributed by atoms with Gasteiger partial charge in [-0.15, -0.1) is 0 Å². The SMILES string of the molecule is CN(C)c1ccc(C(=O)N[C@H]2C[C@H]3C(=O)NC[C@@H](CCC(=O)N4CCc5ccccc54)N3C2)cc1. The first-order valence-corrected chi connectivity index (χ1v) is 12.4. The van der Waals surface area contributed by atoms with Gasteiger partial charge in [-0.25, -0.2) is 0 Å². The second kappa shape index (κ2) is 9.70. The first-order chi connectivity index (χ1) is 16.9. The Balaban J connectivity index is 1.18. The van der Waals surface area contributed by atoms with Crippen LogP contribution in [0.2, 0.25) is 0 Å². The molecule has 3 aliphatic heterocycles. The second-order valence-corrected chi connectivity index (χ2v) is 9.92. The molecule has 0 aliphatic carbocycles. The fourth-order valence-electron chi connectivity index (χ4n) is 5.55. The summed E-state index contributed by atoms with van der Waals surface area (Å²) in [6.45, 7) is 1.88. The largest absolute Gasteiger partial charge is 0.378 e. The Morgan fingerprint density at radius 1 is 1.11 bits per heavy atom. The van der Waals surface area contributed by atoms with Gasteiger partial charge in [-0.05, 0) is 55.2 Å². The molecule has 0 unspecified atom stereocenters. The van der Waals surface area contributed by atoms with Crippen molar-refractivity contribution in [3.05, 3.63) is 59.7 Å². The van der Waals surface area contributed by atoms with E-state index in [1.807, 2.05) is 66.4 Å². The van der Waals surface area contributed by atoms with Crippen molar-refractivity contribution in [2.24, 2.45) is 0 Å². The molecule has 0 bridgehead atoms. The molecule has 3 amide bonds. The number of anilines is 2. The van der Waals surface area contributed by atoms with Crippen LogP contribution in [0.3, 0.4) is 0 Å². The third kappa shape index (κ3) is 4.75. The lowest BCUT2D eigenvalue weighted by atomic mass is 10.0. The van der Waals surface area contributed by atoms with E-state index in [0.717, 1.165) is 24.3 Å².